The minimum Gasteiger partial charge on any atom is -0.382 e. The van der Waals surface area contributed by atoms with Crippen molar-refractivity contribution in [3.63, 3.8) is 0 Å². The van der Waals surface area contributed by atoms with E-state index in [9.17, 15) is 10.1 Å². The molecule has 0 fully saturated rings. The van der Waals surface area contributed by atoms with Crippen LogP contribution in [0.15, 0.2) is 18.5 Å². The molecule has 8 heteroatoms. The number of anilines is 1. The summed E-state index contributed by atoms with van der Waals surface area (Å²) in [6.07, 6.45) is 2.50. The molecule has 0 aliphatic carbocycles. The zero-order valence-electron chi connectivity index (χ0n) is 11.8. The second kappa shape index (κ2) is 6.53. The molecule has 0 amide bonds. The van der Waals surface area contributed by atoms with Gasteiger partial charge in [0.05, 0.1) is 15.6 Å². The van der Waals surface area contributed by atoms with Crippen LogP contribution < -0.4 is 5.32 Å². The van der Waals surface area contributed by atoms with Gasteiger partial charge in [0.25, 0.3) is 5.69 Å². The van der Waals surface area contributed by atoms with Crippen molar-refractivity contribution < 1.29 is 4.92 Å². The van der Waals surface area contributed by atoms with Gasteiger partial charge in [0.2, 0.25) is 0 Å². The van der Waals surface area contributed by atoms with E-state index in [-0.39, 0.29) is 5.69 Å². The van der Waals surface area contributed by atoms with E-state index in [0.717, 1.165) is 12.2 Å². The van der Waals surface area contributed by atoms with E-state index >= 15 is 0 Å². The molecule has 0 radical (unpaired) electrons. The zero-order valence-corrected chi connectivity index (χ0v) is 12.6. The lowest BCUT2D eigenvalue weighted by Gasteiger charge is -2.11. The molecule has 21 heavy (non-hydrogen) atoms. The Hall–Kier alpha value is -2.15. The number of benzene rings is 1. The van der Waals surface area contributed by atoms with Crippen molar-refractivity contribution in [3.8, 4) is 0 Å². The standard InChI is InChI=1S/C13H16ClN5O2/c1-3-13-17-16-8-18(13)5-4-15-11-6-9(2)12(19(20)21)7-10(11)14/h6-8,15H,3-5H2,1-2H3. The molecule has 7 nitrogen and oxygen atoms in total. The summed E-state index contributed by atoms with van der Waals surface area (Å²) in [4.78, 5) is 10.4. The van der Waals surface area contributed by atoms with Gasteiger partial charge in [-0.2, -0.15) is 0 Å². The summed E-state index contributed by atoms with van der Waals surface area (Å²) in [5.41, 5.74) is 1.29. The number of aryl methyl sites for hydroxylation is 2. The number of hydrogen-bond acceptors (Lipinski definition) is 5. The van der Waals surface area contributed by atoms with Crippen molar-refractivity contribution in [2.24, 2.45) is 0 Å². The van der Waals surface area contributed by atoms with E-state index in [2.05, 4.69) is 15.5 Å². The number of rotatable bonds is 6. The van der Waals surface area contributed by atoms with Crippen molar-refractivity contribution >= 4 is 23.0 Å². The predicted molar refractivity (Wildman–Crippen MR) is 80.7 cm³/mol. The van der Waals surface area contributed by atoms with E-state index in [0.29, 0.717) is 29.4 Å². The number of nitrogens with zero attached hydrogens (tertiary/aromatic N) is 4. The Bertz CT molecular complexity index is 656. The normalized spacial score (nSPS) is 10.6. The maximum atomic E-state index is 10.8. The molecule has 0 spiro atoms. The van der Waals surface area contributed by atoms with Crippen LogP contribution in [0.1, 0.15) is 18.3 Å². The molecular formula is C13H16ClN5O2. The lowest BCUT2D eigenvalue weighted by molar-refractivity contribution is -0.385. The maximum Gasteiger partial charge on any atom is 0.273 e. The Morgan fingerprint density at radius 1 is 1.48 bits per heavy atom. The van der Waals surface area contributed by atoms with Gasteiger partial charge in [0.1, 0.15) is 12.2 Å². The average molecular weight is 310 g/mol. The third-order valence-electron chi connectivity index (χ3n) is 3.16. The highest BCUT2D eigenvalue weighted by molar-refractivity contribution is 6.33. The van der Waals surface area contributed by atoms with Crippen LogP contribution in [0.5, 0.6) is 0 Å². The smallest absolute Gasteiger partial charge is 0.273 e. The van der Waals surface area contributed by atoms with Crippen LogP contribution in [0, 0.1) is 17.0 Å². The van der Waals surface area contributed by atoms with Crippen LogP contribution in [0.25, 0.3) is 0 Å². The highest BCUT2D eigenvalue weighted by atomic mass is 35.5. The molecule has 0 unspecified atom stereocenters. The van der Waals surface area contributed by atoms with Crippen molar-refractivity contribution in [1.29, 1.82) is 0 Å². The molecule has 0 bridgehead atoms. The van der Waals surface area contributed by atoms with Crippen molar-refractivity contribution in [2.45, 2.75) is 26.8 Å². The second-order valence-corrected chi connectivity index (χ2v) is 5.00. The van der Waals surface area contributed by atoms with Crippen molar-refractivity contribution in [1.82, 2.24) is 14.8 Å². The number of nitrogens with one attached hydrogen (secondary N) is 1. The Labute approximate surface area is 127 Å². The van der Waals surface area contributed by atoms with Crippen LogP contribution >= 0.6 is 11.6 Å². The van der Waals surface area contributed by atoms with Gasteiger partial charge in [-0.1, -0.05) is 18.5 Å². The first kappa shape index (κ1) is 15.2. The number of nitro benzene ring substituents is 1. The van der Waals surface area contributed by atoms with Gasteiger partial charge >= 0.3 is 0 Å². The minimum atomic E-state index is -0.435. The molecule has 1 aromatic heterocycles. The summed E-state index contributed by atoms with van der Waals surface area (Å²) in [6, 6.07) is 3.06. The molecule has 1 aromatic carbocycles. The molecule has 1 heterocycles. The Morgan fingerprint density at radius 3 is 2.90 bits per heavy atom. The molecule has 0 aliphatic heterocycles. The SMILES string of the molecule is CCc1nncn1CCNc1cc(C)c([N+](=O)[O-])cc1Cl. The van der Waals surface area contributed by atoms with Gasteiger partial charge in [-0.25, -0.2) is 0 Å². The van der Waals surface area contributed by atoms with Crippen LogP contribution in [-0.2, 0) is 13.0 Å². The fourth-order valence-electron chi connectivity index (χ4n) is 2.05. The van der Waals surface area contributed by atoms with Gasteiger partial charge in [0.15, 0.2) is 0 Å². The first-order chi connectivity index (χ1) is 10.0. The van der Waals surface area contributed by atoms with Gasteiger partial charge in [-0.15, -0.1) is 10.2 Å². The summed E-state index contributed by atoms with van der Waals surface area (Å²) < 4.78 is 1.96. The van der Waals surface area contributed by atoms with E-state index in [1.54, 1.807) is 19.3 Å². The molecule has 2 rings (SSSR count). The third-order valence-corrected chi connectivity index (χ3v) is 3.48. The van der Waals surface area contributed by atoms with Gasteiger partial charge in [-0.05, 0) is 13.0 Å². The second-order valence-electron chi connectivity index (χ2n) is 4.60. The number of aromatic nitrogens is 3. The van der Waals surface area contributed by atoms with Crippen molar-refractivity contribution in [2.75, 3.05) is 11.9 Å². The van der Waals surface area contributed by atoms with E-state index in [1.807, 2.05) is 11.5 Å². The topological polar surface area (TPSA) is 85.9 Å². The summed E-state index contributed by atoms with van der Waals surface area (Å²) in [7, 11) is 0. The quantitative estimate of drug-likeness (QED) is 0.655. The van der Waals surface area contributed by atoms with Crippen LogP contribution in [0.2, 0.25) is 5.02 Å². The maximum absolute atomic E-state index is 10.8. The number of halogens is 1. The number of hydrogen-bond donors (Lipinski definition) is 1. The molecule has 0 atom stereocenters. The Morgan fingerprint density at radius 2 is 2.24 bits per heavy atom. The highest BCUT2D eigenvalue weighted by Crippen LogP contribution is 2.30. The minimum absolute atomic E-state index is 0.0256. The highest BCUT2D eigenvalue weighted by Gasteiger charge is 2.14. The third kappa shape index (κ3) is 3.49. The monoisotopic (exact) mass is 309 g/mol. The summed E-state index contributed by atoms with van der Waals surface area (Å²) in [6.45, 7) is 5.03. The van der Waals surface area contributed by atoms with E-state index < -0.39 is 4.92 Å². The lowest BCUT2D eigenvalue weighted by Crippen LogP contribution is -2.12. The Balaban J connectivity index is 2.04. The molecule has 0 aliphatic rings. The fourth-order valence-corrected chi connectivity index (χ4v) is 2.28. The largest absolute Gasteiger partial charge is 0.382 e. The molecule has 0 saturated heterocycles. The molecule has 0 saturated carbocycles. The summed E-state index contributed by atoms with van der Waals surface area (Å²) in [5, 5.41) is 22.2. The fraction of sp³-hybridized carbons (Fsp3) is 0.385. The average Bonchev–Trinajstić information content (AvgIpc) is 2.89. The van der Waals surface area contributed by atoms with Crippen molar-refractivity contribution in [3.05, 3.63) is 45.0 Å². The molecule has 1 N–H and O–H groups in total. The summed E-state index contributed by atoms with van der Waals surface area (Å²) >= 11 is 6.07. The van der Waals surface area contributed by atoms with Gasteiger partial charge in [0, 0.05) is 31.1 Å². The summed E-state index contributed by atoms with van der Waals surface area (Å²) in [5.74, 6) is 0.919. The molecular weight excluding hydrogens is 294 g/mol. The zero-order chi connectivity index (χ0) is 15.4. The first-order valence-corrected chi connectivity index (χ1v) is 6.95. The van der Waals surface area contributed by atoms with Gasteiger partial charge in [-0.3, -0.25) is 10.1 Å². The molecule has 2 aromatic rings. The van der Waals surface area contributed by atoms with Crippen LogP contribution in [0.4, 0.5) is 11.4 Å². The van der Waals surface area contributed by atoms with Crippen LogP contribution in [0.3, 0.4) is 0 Å². The van der Waals surface area contributed by atoms with E-state index in [4.69, 9.17) is 11.6 Å². The Kier molecular flexibility index (Phi) is 4.74. The van der Waals surface area contributed by atoms with E-state index in [1.165, 1.54) is 6.07 Å². The predicted octanol–water partition coefficient (Wildman–Crippen LogP) is 2.82. The number of nitro groups is 1. The lowest BCUT2D eigenvalue weighted by atomic mass is 10.2. The first-order valence-electron chi connectivity index (χ1n) is 6.58. The molecule has 112 valence electrons. The van der Waals surface area contributed by atoms with Crippen LogP contribution in [-0.4, -0.2) is 26.2 Å². The van der Waals surface area contributed by atoms with Gasteiger partial charge < -0.3 is 9.88 Å².